The van der Waals surface area contributed by atoms with Gasteiger partial charge < -0.3 is 10.0 Å². The van der Waals surface area contributed by atoms with E-state index in [-0.39, 0.29) is 5.82 Å². The molecule has 0 atom stereocenters. The second-order valence-corrected chi connectivity index (χ2v) is 4.75. The quantitative estimate of drug-likeness (QED) is 0.806. The van der Waals surface area contributed by atoms with Crippen LogP contribution >= 0.6 is 11.8 Å². The van der Waals surface area contributed by atoms with E-state index in [1.165, 1.54) is 12.1 Å². The predicted octanol–water partition coefficient (Wildman–Crippen LogP) is 2.72. The molecule has 5 heteroatoms. The van der Waals surface area contributed by atoms with Gasteiger partial charge in [0.1, 0.15) is 5.82 Å². The number of halogens is 1. The van der Waals surface area contributed by atoms with Crippen molar-refractivity contribution < 1.29 is 14.3 Å². The second-order valence-electron chi connectivity index (χ2n) is 3.76. The number of rotatable bonds is 6. The lowest BCUT2D eigenvalue weighted by atomic mass is 10.1. The van der Waals surface area contributed by atoms with E-state index in [1.54, 1.807) is 35.8 Å². The molecule has 1 rings (SSSR count). The number of hydrogen-bond acceptors (Lipinski definition) is 3. The van der Waals surface area contributed by atoms with Crippen molar-refractivity contribution >= 4 is 29.5 Å². The monoisotopic (exact) mass is 269 g/mol. The van der Waals surface area contributed by atoms with Gasteiger partial charge in [0.25, 0.3) is 0 Å². The minimum Gasteiger partial charge on any atom is -0.478 e. The standard InChI is InChI=1S/C13H16FNO2S/c1-15(8-9-18-2)13-10(6-7-12(16)17)4-3-5-11(13)14/h3-7H,8-9H2,1-2H3,(H,16,17)/b7-6+. The topological polar surface area (TPSA) is 40.5 Å². The van der Waals surface area contributed by atoms with Crippen molar-refractivity contribution in [1.29, 1.82) is 0 Å². The lowest BCUT2D eigenvalue weighted by molar-refractivity contribution is -0.131. The number of carboxylic acids is 1. The van der Waals surface area contributed by atoms with E-state index in [4.69, 9.17) is 5.11 Å². The highest BCUT2D eigenvalue weighted by Gasteiger charge is 2.11. The average molecular weight is 269 g/mol. The number of carboxylic acid groups (broad SMARTS) is 1. The van der Waals surface area contributed by atoms with Gasteiger partial charge in [-0.05, 0) is 18.4 Å². The number of anilines is 1. The molecule has 0 aliphatic heterocycles. The predicted molar refractivity (Wildman–Crippen MR) is 74.7 cm³/mol. The first kappa shape index (κ1) is 14.6. The smallest absolute Gasteiger partial charge is 0.328 e. The first-order valence-corrected chi connectivity index (χ1v) is 6.85. The van der Waals surface area contributed by atoms with Crippen LogP contribution in [0.15, 0.2) is 24.3 Å². The Hall–Kier alpha value is -1.49. The van der Waals surface area contributed by atoms with Crippen molar-refractivity contribution in [2.24, 2.45) is 0 Å². The molecule has 0 heterocycles. The molecule has 0 saturated heterocycles. The average Bonchev–Trinajstić information content (AvgIpc) is 2.33. The molecule has 0 unspecified atom stereocenters. The maximum Gasteiger partial charge on any atom is 0.328 e. The van der Waals surface area contributed by atoms with E-state index in [9.17, 15) is 9.18 Å². The molecule has 1 N–H and O–H groups in total. The Labute approximate surface area is 110 Å². The molecule has 0 aromatic heterocycles. The highest BCUT2D eigenvalue weighted by Crippen LogP contribution is 2.24. The molecule has 0 bridgehead atoms. The fourth-order valence-electron chi connectivity index (χ4n) is 1.57. The van der Waals surface area contributed by atoms with E-state index < -0.39 is 5.97 Å². The molecular formula is C13H16FNO2S. The van der Waals surface area contributed by atoms with Gasteiger partial charge in [-0.25, -0.2) is 9.18 Å². The SMILES string of the molecule is CSCCN(C)c1c(F)cccc1/C=C/C(=O)O. The van der Waals surface area contributed by atoms with Gasteiger partial charge in [-0.1, -0.05) is 12.1 Å². The third kappa shape index (κ3) is 4.07. The van der Waals surface area contributed by atoms with Crippen LogP contribution in [-0.2, 0) is 4.79 Å². The van der Waals surface area contributed by atoms with Crippen LogP contribution in [0, 0.1) is 5.82 Å². The molecule has 0 amide bonds. The Kier molecular flexibility index (Phi) is 5.71. The fourth-order valence-corrected chi connectivity index (χ4v) is 2.03. The minimum atomic E-state index is -1.04. The largest absolute Gasteiger partial charge is 0.478 e. The normalized spacial score (nSPS) is 10.8. The van der Waals surface area contributed by atoms with Gasteiger partial charge in [-0.2, -0.15) is 11.8 Å². The van der Waals surface area contributed by atoms with E-state index in [2.05, 4.69) is 0 Å². The number of carbonyl (C=O) groups is 1. The summed E-state index contributed by atoms with van der Waals surface area (Å²) in [6, 6.07) is 4.65. The van der Waals surface area contributed by atoms with Gasteiger partial charge in [-0.3, -0.25) is 0 Å². The molecule has 0 saturated carbocycles. The molecule has 1 aromatic carbocycles. The van der Waals surface area contributed by atoms with Crippen LogP contribution < -0.4 is 4.90 Å². The molecule has 0 spiro atoms. The van der Waals surface area contributed by atoms with Crippen molar-refractivity contribution in [3.8, 4) is 0 Å². The van der Waals surface area contributed by atoms with Crippen LogP contribution in [0.2, 0.25) is 0 Å². The molecule has 1 aromatic rings. The van der Waals surface area contributed by atoms with Crippen molar-refractivity contribution in [3.63, 3.8) is 0 Å². The highest BCUT2D eigenvalue weighted by molar-refractivity contribution is 7.98. The number of benzene rings is 1. The van der Waals surface area contributed by atoms with Crippen molar-refractivity contribution in [2.45, 2.75) is 0 Å². The number of aliphatic carboxylic acids is 1. The van der Waals surface area contributed by atoms with Crippen molar-refractivity contribution in [3.05, 3.63) is 35.7 Å². The maximum atomic E-state index is 13.8. The minimum absolute atomic E-state index is 0.342. The van der Waals surface area contributed by atoms with E-state index in [0.29, 0.717) is 17.8 Å². The Balaban J connectivity index is 3.03. The van der Waals surface area contributed by atoms with E-state index >= 15 is 0 Å². The summed E-state index contributed by atoms with van der Waals surface area (Å²) in [6.45, 7) is 0.704. The fraction of sp³-hybridized carbons (Fsp3) is 0.308. The van der Waals surface area contributed by atoms with Crippen molar-refractivity contribution in [1.82, 2.24) is 0 Å². The Morgan fingerprint density at radius 2 is 2.28 bits per heavy atom. The molecule has 18 heavy (non-hydrogen) atoms. The van der Waals surface area contributed by atoms with E-state index in [1.807, 2.05) is 6.26 Å². The summed E-state index contributed by atoms with van der Waals surface area (Å²) in [6.07, 6.45) is 4.41. The summed E-state index contributed by atoms with van der Waals surface area (Å²) in [5.41, 5.74) is 1.00. The van der Waals surface area contributed by atoms with Gasteiger partial charge in [0.15, 0.2) is 0 Å². The zero-order valence-corrected chi connectivity index (χ0v) is 11.2. The highest BCUT2D eigenvalue weighted by atomic mass is 32.2. The zero-order chi connectivity index (χ0) is 13.5. The van der Waals surface area contributed by atoms with Crippen LogP contribution in [0.3, 0.4) is 0 Å². The van der Waals surface area contributed by atoms with Gasteiger partial charge in [0.05, 0.1) is 5.69 Å². The van der Waals surface area contributed by atoms with Gasteiger partial charge in [0, 0.05) is 31.0 Å². The Morgan fingerprint density at radius 3 is 2.89 bits per heavy atom. The molecule has 3 nitrogen and oxygen atoms in total. The van der Waals surface area contributed by atoms with Crippen molar-refractivity contribution in [2.75, 3.05) is 30.5 Å². The number of para-hydroxylation sites is 1. The van der Waals surface area contributed by atoms with Crippen LogP contribution in [0.4, 0.5) is 10.1 Å². The second kappa shape index (κ2) is 7.06. The molecule has 0 radical (unpaired) electrons. The Morgan fingerprint density at radius 1 is 1.56 bits per heavy atom. The number of nitrogens with zero attached hydrogens (tertiary/aromatic N) is 1. The zero-order valence-electron chi connectivity index (χ0n) is 10.4. The molecule has 98 valence electrons. The van der Waals surface area contributed by atoms with Crippen LogP contribution in [-0.4, -0.2) is 36.7 Å². The van der Waals surface area contributed by atoms with E-state index in [0.717, 1.165) is 11.8 Å². The van der Waals surface area contributed by atoms with Crippen LogP contribution in [0.25, 0.3) is 6.08 Å². The lowest BCUT2D eigenvalue weighted by Gasteiger charge is -2.21. The summed E-state index contributed by atoms with van der Waals surface area (Å²) in [5, 5.41) is 8.62. The lowest BCUT2D eigenvalue weighted by Crippen LogP contribution is -2.22. The summed E-state index contributed by atoms with van der Waals surface area (Å²) in [5.74, 6) is -0.504. The third-order valence-electron chi connectivity index (χ3n) is 2.44. The van der Waals surface area contributed by atoms with Gasteiger partial charge >= 0.3 is 5.97 Å². The summed E-state index contributed by atoms with van der Waals surface area (Å²) in [7, 11) is 1.80. The molecule has 0 fully saturated rings. The third-order valence-corrected chi connectivity index (χ3v) is 3.03. The summed E-state index contributed by atoms with van der Waals surface area (Å²) < 4.78 is 13.8. The number of hydrogen-bond donors (Lipinski definition) is 1. The Bertz CT molecular complexity index is 449. The van der Waals surface area contributed by atoms with Crippen LogP contribution in [0.1, 0.15) is 5.56 Å². The first-order chi connectivity index (χ1) is 8.56. The maximum absolute atomic E-state index is 13.8. The molecular weight excluding hydrogens is 253 g/mol. The molecule has 0 aliphatic rings. The molecule has 0 aliphatic carbocycles. The van der Waals surface area contributed by atoms with Gasteiger partial charge in [-0.15, -0.1) is 0 Å². The summed E-state index contributed by atoms with van der Waals surface area (Å²) >= 11 is 1.68. The number of thioether (sulfide) groups is 1. The first-order valence-electron chi connectivity index (χ1n) is 5.46. The summed E-state index contributed by atoms with van der Waals surface area (Å²) in [4.78, 5) is 12.3. The van der Waals surface area contributed by atoms with Gasteiger partial charge in [0.2, 0.25) is 0 Å². The van der Waals surface area contributed by atoms with Crippen LogP contribution in [0.5, 0.6) is 0 Å².